The summed E-state index contributed by atoms with van der Waals surface area (Å²) >= 11 is 0. The van der Waals surface area contributed by atoms with Gasteiger partial charge < -0.3 is 15.2 Å². The largest absolute Gasteiger partial charge is 0.359 e. The lowest BCUT2D eigenvalue weighted by Crippen LogP contribution is -2.38. The Hall–Kier alpha value is -1.57. The van der Waals surface area contributed by atoms with Gasteiger partial charge in [-0.25, -0.2) is 4.99 Å². The number of benzene rings is 1. The summed E-state index contributed by atoms with van der Waals surface area (Å²) in [5.74, 6) is 1.59. The highest BCUT2D eigenvalue weighted by Crippen LogP contribution is 2.05. The van der Waals surface area contributed by atoms with E-state index in [2.05, 4.69) is 58.9 Å². The maximum Gasteiger partial charge on any atom is 0.191 e. The van der Waals surface area contributed by atoms with Crippen molar-refractivity contribution < 1.29 is 4.52 Å². The molecular formula is C17H25IN4O. The first-order valence-corrected chi connectivity index (χ1v) is 7.82. The number of guanidine groups is 1. The minimum Gasteiger partial charge on any atom is -0.359 e. The van der Waals surface area contributed by atoms with Crippen LogP contribution in [0, 0.1) is 0 Å². The van der Waals surface area contributed by atoms with Crippen LogP contribution in [0.15, 0.2) is 45.9 Å². The molecule has 23 heavy (non-hydrogen) atoms. The second-order valence-electron chi connectivity index (χ2n) is 5.00. The third kappa shape index (κ3) is 7.02. The summed E-state index contributed by atoms with van der Waals surface area (Å²) in [6.07, 6.45) is 1.84. The van der Waals surface area contributed by atoms with Crippen LogP contribution in [0.1, 0.15) is 30.9 Å². The molecule has 2 rings (SSSR count). The smallest absolute Gasteiger partial charge is 0.191 e. The van der Waals surface area contributed by atoms with Crippen LogP contribution in [0.25, 0.3) is 0 Å². The van der Waals surface area contributed by atoms with Gasteiger partial charge in [-0.05, 0) is 25.3 Å². The first kappa shape index (κ1) is 19.5. The molecule has 2 N–H and O–H groups in total. The second-order valence-corrected chi connectivity index (χ2v) is 5.00. The summed E-state index contributed by atoms with van der Waals surface area (Å²) in [6.45, 7) is 6.27. The van der Waals surface area contributed by atoms with E-state index in [0.717, 1.165) is 43.3 Å². The number of nitrogens with one attached hydrogen (secondary N) is 2. The number of hydrogen-bond donors (Lipinski definition) is 2. The van der Waals surface area contributed by atoms with Gasteiger partial charge in [-0.1, -0.05) is 42.4 Å². The molecule has 0 saturated heterocycles. The van der Waals surface area contributed by atoms with Gasteiger partial charge in [-0.15, -0.1) is 24.0 Å². The van der Waals surface area contributed by atoms with Gasteiger partial charge >= 0.3 is 0 Å². The summed E-state index contributed by atoms with van der Waals surface area (Å²) < 4.78 is 5.25. The predicted molar refractivity (Wildman–Crippen MR) is 104 cm³/mol. The van der Waals surface area contributed by atoms with Crippen LogP contribution < -0.4 is 10.6 Å². The van der Waals surface area contributed by atoms with Crippen LogP contribution in [-0.2, 0) is 19.4 Å². The summed E-state index contributed by atoms with van der Waals surface area (Å²) in [7, 11) is 0. The van der Waals surface area contributed by atoms with Crippen molar-refractivity contribution in [1.29, 1.82) is 0 Å². The standard InChI is InChI=1S/C17H24N4O.HI/c1-3-15-12-16(22-21-15)13-20-17(18-4-2)19-11-10-14-8-6-5-7-9-14;/h5-9,12H,3-4,10-11,13H2,1-2H3,(H2,18,19,20);1H. The van der Waals surface area contributed by atoms with Crippen molar-refractivity contribution in [1.82, 2.24) is 15.8 Å². The molecule has 1 aromatic carbocycles. The van der Waals surface area contributed by atoms with E-state index in [1.54, 1.807) is 0 Å². The SMILES string of the molecule is CCNC(=NCc1cc(CC)no1)NCCc1ccccc1.I. The first-order chi connectivity index (χ1) is 10.8. The maximum atomic E-state index is 5.25. The molecule has 2 aromatic rings. The van der Waals surface area contributed by atoms with Crippen molar-refractivity contribution in [2.45, 2.75) is 33.2 Å². The van der Waals surface area contributed by atoms with Crippen LogP contribution in [0.3, 0.4) is 0 Å². The Labute approximate surface area is 155 Å². The van der Waals surface area contributed by atoms with Gasteiger partial charge in [-0.2, -0.15) is 0 Å². The summed E-state index contributed by atoms with van der Waals surface area (Å²) in [5, 5.41) is 10.5. The highest BCUT2D eigenvalue weighted by atomic mass is 127. The lowest BCUT2D eigenvalue weighted by molar-refractivity contribution is 0.379. The third-order valence-electron chi connectivity index (χ3n) is 3.26. The molecule has 0 fully saturated rings. The number of rotatable bonds is 7. The second kappa shape index (κ2) is 11.0. The van der Waals surface area contributed by atoms with Crippen LogP contribution in [0.4, 0.5) is 0 Å². The van der Waals surface area contributed by atoms with Crippen molar-refractivity contribution in [3.63, 3.8) is 0 Å². The number of halogens is 1. The Balaban J connectivity index is 0.00000264. The molecule has 0 aliphatic carbocycles. The van der Waals surface area contributed by atoms with Gasteiger partial charge in [0.2, 0.25) is 0 Å². The monoisotopic (exact) mass is 428 g/mol. The molecule has 5 nitrogen and oxygen atoms in total. The molecule has 0 aliphatic rings. The van der Waals surface area contributed by atoms with Gasteiger partial charge in [0.05, 0.1) is 5.69 Å². The van der Waals surface area contributed by atoms with Gasteiger partial charge in [-0.3, -0.25) is 0 Å². The lowest BCUT2D eigenvalue weighted by Gasteiger charge is -2.10. The van der Waals surface area contributed by atoms with Gasteiger partial charge in [0.25, 0.3) is 0 Å². The molecule has 1 heterocycles. The molecule has 0 spiro atoms. The van der Waals surface area contributed by atoms with Crippen molar-refractivity contribution in [2.24, 2.45) is 4.99 Å². The van der Waals surface area contributed by atoms with Crippen molar-refractivity contribution >= 4 is 29.9 Å². The maximum absolute atomic E-state index is 5.25. The molecule has 0 atom stereocenters. The summed E-state index contributed by atoms with van der Waals surface area (Å²) in [6, 6.07) is 12.4. The van der Waals surface area contributed by atoms with Crippen LogP contribution in [0.2, 0.25) is 0 Å². The fourth-order valence-corrected chi connectivity index (χ4v) is 2.07. The summed E-state index contributed by atoms with van der Waals surface area (Å²) in [4.78, 5) is 4.52. The Morgan fingerprint density at radius 1 is 1.17 bits per heavy atom. The summed E-state index contributed by atoms with van der Waals surface area (Å²) in [5.41, 5.74) is 2.28. The minimum absolute atomic E-state index is 0. The Kier molecular flexibility index (Phi) is 9.35. The molecule has 6 heteroatoms. The lowest BCUT2D eigenvalue weighted by atomic mass is 10.1. The molecule has 0 aliphatic heterocycles. The normalized spacial score (nSPS) is 11.0. The van der Waals surface area contributed by atoms with Crippen LogP contribution in [0.5, 0.6) is 0 Å². The topological polar surface area (TPSA) is 62.5 Å². The fourth-order valence-electron chi connectivity index (χ4n) is 2.07. The third-order valence-corrected chi connectivity index (χ3v) is 3.26. The van der Waals surface area contributed by atoms with E-state index < -0.39 is 0 Å². The van der Waals surface area contributed by atoms with Crippen molar-refractivity contribution in [3.05, 3.63) is 53.4 Å². The average molecular weight is 428 g/mol. The molecule has 0 saturated carbocycles. The van der Waals surface area contributed by atoms with Gasteiger partial charge in [0.1, 0.15) is 6.54 Å². The number of hydrogen-bond acceptors (Lipinski definition) is 3. The zero-order valence-electron chi connectivity index (χ0n) is 13.7. The molecule has 0 bridgehead atoms. The Bertz CT molecular complexity index is 583. The van der Waals surface area contributed by atoms with E-state index in [0.29, 0.717) is 6.54 Å². The molecule has 126 valence electrons. The quantitative estimate of drug-likeness (QED) is 0.404. The number of aromatic nitrogens is 1. The van der Waals surface area contributed by atoms with Crippen LogP contribution in [-0.4, -0.2) is 24.2 Å². The van der Waals surface area contributed by atoms with E-state index in [9.17, 15) is 0 Å². The number of aryl methyl sites for hydroxylation is 1. The molecule has 0 radical (unpaired) electrons. The molecular weight excluding hydrogens is 403 g/mol. The van der Waals surface area contributed by atoms with Gasteiger partial charge in [0, 0.05) is 19.2 Å². The van der Waals surface area contributed by atoms with E-state index >= 15 is 0 Å². The van der Waals surface area contributed by atoms with E-state index in [1.165, 1.54) is 5.56 Å². The van der Waals surface area contributed by atoms with E-state index in [-0.39, 0.29) is 24.0 Å². The van der Waals surface area contributed by atoms with Crippen molar-refractivity contribution in [3.8, 4) is 0 Å². The first-order valence-electron chi connectivity index (χ1n) is 7.82. The Morgan fingerprint density at radius 3 is 2.61 bits per heavy atom. The van der Waals surface area contributed by atoms with Gasteiger partial charge in [0.15, 0.2) is 11.7 Å². The average Bonchev–Trinajstić information content (AvgIpc) is 3.02. The number of nitrogens with zero attached hydrogens (tertiary/aromatic N) is 2. The molecule has 0 amide bonds. The highest BCUT2D eigenvalue weighted by molar-refractivity contribution is 14.0. The zero-order chi connectivity index (χ0) is 15.6. The van der Waals surface area contributed by atoms with Crippen LogP contribution >= 0.6 is 24.0 Å². The minimum atomic E-state index is 0. The van der Waals surface area contributed by atoms with E-state index in [1.807, 2.05) is 12.1 Å². The zero-order valence-corrected chi connectivity index (χ0v) is 16.0. The molecule has 0 unspecified atom stereocenters. The highest BCUT2D eigenvalue weighted by Gasteiger charge is 2.03. The number of aliphatic imine (C=N–C) groups is 1. The Morgan fingerprint density at radius 2 is 1.96 bits per heavy atom. The van der Waals surface area contributed by atoms with Crippen molar-refractivity contribution in [2.75, 3.05) is 13.1 Å². The molecule has 1 aromatic heterocycles. The predicted octanol–water partition coefficient (Wildman–Crippen LogP) is 3.15. The van der Waals surface area contributed by atoms with E-state index in [4.69, 9.17) is 4.52 Å². The fraction of sp³-hybridized carbons (Fsp3) is 0.412.